The molecule has 1 aromatic carbocycles. The summed E-state index contributed by atoms with van der Waals surface area (Å²) >= 11 is 0. The lowest BCUT2D eigenvalue weighted by molar-refractivity contribution is -0.133. The van der Waals surface area contributed by atoms with Gasteiger partial charge in [0.1, 0.15) is 0 Å². The summed E-state index contributed by atoms with van der Waals surface area (Å²) in [5, 5.41) is 0. The minimum atomic E-state index is 0.221. The van der Waals surface area contributed by atoms with Crippen molar-refractivity contribution in [2.75, 3.05) is 40.3 Å². The van der Waals surface area contributed by atoms with Crippen molar-refractivity contribution >= 4 is 11.8 Å². The Labute approximate surface area is 176 Å². The molecule has 0 N–H and O–H groups in total. The highest BCUT2D eigenvalue weighted by molar-refractivity contribution is 5.79. The van der Waals surface area contributed by atoms with Gasteiger partial charge < -0.3 is 14.7 Å². The number of nitrogens with zero attached hydrogens (tertiary/aromatic N) is 3. The van der Waals surface area contributed by atoms with E-state index in [-0.39, 0.29) is 11.8 Å². The topological polar surface area (TPSA) is 43.9 Å². The lowest BCUT2D eigenvalue weighted by atomic mass is 9.92. The van der Waals surface area contributed by atoms with Crippen molar-refractivity contribution in [3.63, 3.8) is 0 Å². The molecule has 2 amide bonds. The molecule has 0 radical (unpaired) electrons. The Morgan fingerprint density at radius 1 is 1.10 bits per heavy atom. The zero-order valence-electron chi connectivity index (χ0n) is 18.4. The summed E-state index contributed by atoms with van der Waals surface area (Å²) in [5.74, 6) is 0.932. The highest BCUT2D eigenvalue weighted by atomic mass is 16.2. The molecule has 2 aliphatic heterocycles. The quantitative estimate of drug-likeness (QED) is 0.738. The van der Waals surface area contributed by atoms with Crippen molar-refractivity contribution in [2.45, 2.75) is 57.9 Å². The maximum atomic E-state index is 12.8. The number of benzene rings is 1. The molecule has 0 aromatic heterocycles. The van der Waals surface area contributed by atoms with E-state index >= 15 is 0 Å². The molecule has 2 fully saturated rings. The molecule has 1 atom stereocenters. The number of carbonyl (C=O) groups is 2. The van der Waals surface area contributed by atoms with Crippen LogP contribution < -0.4 is 0 Å². The molecule has 29 heavy (non-hydrogen) atoms. The lowest BCUT2D eigenvalue weighted by Crippen LogP contribution is -2.45. The minimum Gasteiger partial charge on any atom is -0.343 e. The Morgan fingerprint density at radius 2 is 1.83 bits per heavy atom. The van der Waals surface area contributed by atoms with Crippen LogP contribution in [-0.2, 0) is 16.0 Å². The van der Waals surface area contributed by atoms with Crippen LogP contribution in [0.25, 0.3) is 0 Å². The molecule has 0 unspecified atom stereocenters. The number of piperidine rings is 2. The van der Waals surface area contributed by atoms with Crippen LogP contribution in [0.4, 0.5) is 0 Å². The zero-order chi connectivity index (χ0) is 20.8. The maximum absolute atomic E-state index is 12.8. The number of rotatable bonds is 6. The summed E-state index contributed by atoms with van der Waals surface area (Å²) in [4.78, 5) is 31.8. The van der Waals surface area contributed by atoms with E-state index in [4.69, 9.17) is 0 Å². The fourth-order valence-corrected chi connectivity index (χ4v) is 4.70. The van der Waals surface area contributed by atoms with Gasteiger partial charge in [0.15, 0.2) is 0 Å². The summed E-state index contributed by atoms with van der Waals surface area (Å²) in [6, 6.07) is 8.51. The highest BCUT2D eigenvalue weighted by Crippen LogP contribution is 2.23. The van der Waals surface area contributed by atoms with Gasteiger partial charge in [0.2, 0.25) is 11.8 Å². The molecule has 5 heteroatoms. The zero-order valence-corrected chi connectivity index (χ0v) is 18.4. The molecule has 2 saturated heterocycles. The van der Waals surface area contributed by atoms with Gasteiger partial charge in [0.25, 0.3) is 0 Å². The SMILES string of the molecule is Cc1ccccc1CC(=O)N1CCC[C@H](CCC(=O)N(C)C2CCN(C)CC2)C1. The van der Waals surface area contributed by atoms with E-state index in [2.05, 4.69) is 24.9 Å². The fourth-order valence-electron chi connectivity index (χ4n) is 4.70. The van der Waals surface area contributed by atoms with Gasteiger partial charge in [-0.1, -0.05) is 24.3 Å². The number of likely N-dealkylation sites (tertiary alicyclic amines) is 2. The van der Waals surface area contributed by atoms with Gasteiger partial charge in [0, 0.05) is 32.6 Å². The van der Waals surface area contributed by atoms with Gasteiger partial charge in [0.05, 0.1) is 6.42 Å². The summed E-state index contributed by atoms with van der Waals surface area (Å²) in [7, 11) is 4.12. The van der Waals surface area contributed by atoms with Crippen molar-refractivity contribution in [1.29, 1.82) is 0 Å². The van der Waals surface area contributed by atoms with Crippen LogP contribution in [0.1, 0.15) is 49.7 Å². The van der Waals surface area contributed by atoms with E-state index < -0.39 is 0 Å². The van der Waals surface area contributed by atoms with E-state index in [9.17, 15) is 9.59 Å². The number of amides is 2. The first kappa shape index (κ1) is 21.8. The maximum Gasteiger partial charge on any atom is 0.227 e. The first-order valence-electron chi connectivity index (χ1n) is 11.2. The first-order valence-corrected chi connectivity index (χ1v) is 11.2. The van der Waals surface area contributed by atoms with E-state index in [1.807, 2.05) is 35.0 Å². The third-order valence-corrected chi connectivity index (χ3v) is 6.87. The van der Waals surface area contributed by atoms with Crippen LogP contribution in [0.2, 0.25) is 0 Å². The average molecular weight is 400 g/mol. The van der Waals surface area contributed by atoms with Crippen molar-refractivity contribution in [2.24, 2.45) is 5.92 Å². The largest absolute Gasteiger partial charge is 0.343 e. The first-order chi connectivity index (χ1) is 13.9. The molecule has 2 heterocycles. The Balaban J connectivity index is 1.45. The van der Waals surface area contributed by atoms with Crippen LogP contribution in [0.15, 0.2) is 24.3 Å². The Morgan fingerprint density at radius 3 is 2.55 bits per heavy atom. The number of carbonyl (C=O) groups excluding carboxylic acids is 2. The molecule has 2 aliphatic rings. The highest BCUT2D eigenvalue weighted by Gasteiger charge is 2.27. The van der Waals surface area contributed by atoms with Gasteiger partial charge in [-0.25, -0.2) is 0 Å². The number of aryl methyl sites for hydroxylation is 1. The number of hydrogen-bond acceptors (Lipinski definition) is 3. The second-order valence-corrected chi connectivity index (χ2v) is 9.03. The van der Waals surface area contributed by atoms with Gasteiger partial charge in [-0.05, 0) is 76.2 Å². The normalized spacial score (nSPS) is 21.2. The molecule has 1 aromatic rings. The Kier molecular flexibility index (Phi) is 7.70. The van der Waals surface area contributed by atoms with Crippen LogP contribution in [0, 0.1) is 12.8 Å². The average Bonchev–Trinajstić information content (AvgIpc) is 2.74. The molecule has 160 valence electrons. The van der Waals surface area contributed by atoms with Crippen LogP contribution in [0.3, 0.4) is 0 Å². The molecular weight excluding hydrogens is 362 g/mol. The van der Waals surface area contributed by atoms with Crippen molar-refractivity contribution in [3.05, 3.63) is 35.4 Å². The predicted octanol–water partition coefficient (Wildman–Crippen LogP) is 3.11. The summed E-state index contributed by atoms with van der Waals surface area (Å²) in [6.45, 7) is 5.86. The predicted molar refractivity (Wildman–Crippen MR) is 117 cm³/mol. The molecule has 3 rings (SSSR count). The number of hydrogen-bond donors (Lipinski definition) is 0. The van der Waals surface area contributed by atoms with Gasteiger partial charge in [-0.15, -0.1) is 0 Å². The monoisotopic (exact) mass is 399 g/mol. The van der Waals surface area contributed by atoms with E-state index in [0.717, 1.165) is 63.8 Å². The standard InChI is InChI=1S/C24H37N3O2/c1-19-7-4-5-9-21(19)17-24(29)27-14-6-8-20(18-27)10-11-23(28)26(3)22-12-15-25(2)16-13-22/h4-5,7,9,20,22H,6,8,10-18H2,1-3H3/t20-/m1/s1. The van der Waals surface area contributed by atoms with Crippen molar-refractivity contribution in [3.8, 4) is 0 Å². The van der Waals surface area contributed by atoms with Gasteiger partial charge in [-0.2, -0.15) is 0 Å². The van der Waals surface area contributed by atoms with Crippen LogP contribution in [-0.4, -0.2) is 72.8 Å². The Bertz CT molecular complexity index is 697. The van der Waals surface area contributed by atoms with E-state index in [1.165, 1.54) is 5.56 Å². The van der Waals surface area contributed by atoms with E-state index in [1.54, 1.807) is 0 Å². The van der Waals surface area contributed by atoms with Crippen LogP contribution >= 0.6 is 0 Å². The second kappa shape index (κ2) is 10.2. The molecule has 5 nitrogen and oxygen atoms in total. The van der Waals surface area contributed by atoms with Crippen molar-refractivity contribution in [1.82, 2.24) is 14.7 Å². The van der Waals surface area contributed by atoms with Crippen LogP contribution in [0.5, 0.6) is 0 Å². The molecule has 0 aliphatic carbocycles. The molecule has 0 bridgehead atoms. The van der Waals surface area contributed by atoms with Gasteiger partial charge in [-0.3, -0.25) is 9.59 Å². The molecule has 0 saturated carbocycles. The third kappa shape index (κ3) is 6.05. The summed E-state index contributed by atoms with van der Waals surface area (Å²) < 4.78 is 0. The Hall–Kier alpha value is -1.88. The second-order valence-electron chi connectivity index (χ2n) is 9.03. The minimum absolute atomic E-state index is 0.221. The van der Waals surface area contributed by atoms with E-state index in [0.29, 0.717) is 24.8 Å². The summed E-state index contributed by atoms with van der Waals surface area (Å²) in [6.07, 6.45) is 6.30. The fraction of sp³-hybridized carbons (Fsp3) is 0.667. The lowest BCUT2D eigenvalue weighted by Gasteiger charge is -2.36. The summed E-state index contributed by atoms with van der Waals surface area (Å²) in [5.41, 5.74) is 2.30. The third-order valence-electron chi connectivity index (χ3n) is 6.87. The van der Waals surface area contributed by atoms with Crippen molar-refractivity contribution < 1.29 is 9.59 Å². The van der Waals surface area contributed by atoms with Gasteiger partial charge >= 0.3 is 0 Å². The smallest absolute Gasteiger partial charge is 0.227 e. The molecule has 0 spiro atoms. The molecular formula is C24H37N3O2.